The molecule has 0 saturated carbocycles. The van der Waals surface area contributed by atoms with Gasteiger partial charge in [0, 0.05) is 65.4 Å². The van der Waals surface area contributed by atoms with Crippen LogP contribution in [-0.4, -0.2) is 75.0 Å². The zero-order valence-corrected chi connectivity index (χ0v) is 16.5. The molecule has 9 heteroatoms. The number of nitrogens with zero attached hydrogens (tertiary/aromatic N) is 6. The molecule has 3 fully saturated rings. The number of amides is 1. The number of carbonyl (C=O) groups is 1. The molecule has 1 unspecified atom stereocenters. The van der Waals surface area contributed by atoms with Crippen LogP contribution in [0.5, 0.6) is 0 Å². The summed E-state index contributed by atoms with van der Waals surface area (Å²) in [5.74, 6) is 0.431. The number of piperidine rings is 1. The molecule has 2 aromatic rings. The molecule has 2 aromatic heterocycles. The molecule has 8 nitrogen and oxygen atoms in total. The van der Waals surface area contributed by atoms with E-state index < -0.39 is 5.60 Å². The number of hydrogen-bond acceptors (Lipinski definition) is 6. The fourth-order valence-corrected chi connectivity index (χ4v) is 4.83. The van der Waals surface area contributed by atoms with Crippen LogP contribution in [0.25, 0.3) is 0 Å². The zero-order chi connectivity index (χ0) is 20.0. The number of carbonyl (C=O) groups excluding carboxylic acids is 1. The van der Waals surface area contributed by atoms with Crippen LogP contribution in [0.2, 0.25) is 0 Å². The van der Waals surface area contributed by atoms with Crippen LogP contribution in [0.4, 0.5) is 15.0 Å². The molecule has 1 atom stereocenters. The van der Waals surface area contributed by atoms with E-state index in [0.717, 1.165) is 57.1 Å². The van der Waals surface area contributed by atoms with Gasteiger partial charge < -0.3 is 9.64 Å². The highest BCUT2D eigenvalue weighted by molar-refractivity contribution is 5.72. The van der Waals surface area contributed by atoms with E-state index in [4.69, 9.17) is 4.74 Å². The summed E-state index contributed by atoms with van der Waals surface area (Å²) in [5, 5.41) is 4.48. The van der Waals surface area contributed by atoms with Gasteiger partial charge in [-0.25, -0.2) is 14.2 Å². The first kappa shape index (κ1) is 18.4. The number of ether oxygens (including phenoxy) is 1. The summed E-state index contributed by atoms with van der Waals surface area (Å²) in [6.45, 7) is 4.54. The van der Waals surface area contributed by atoms with E-state index in [9.17, 15) is 9.18 Å². The molecule has 29 heavy (non-hydrogen) atoms. The number of pyridine rings is 1. The van der Waals surface area contributed by atoms with Gasteiger partial charge in [0.05, 0.1) is 17.9 Å². The average molecular weight is 400 g/mol. The van der Waals surface area contributed by atoms with E-state index >= 15 is 0 Å². The van der Waals surface area contributed by atoms with Crippen molar-refractivity contribution in [2.75, 3.05) is 37.6 Å². The fourth-order valence-electron chi connectivity index (χ4n) is 4.83. The summed E-state index contributed by atoms with van der Waals surface area (Å²) < 4.78 is 21.0. The lowest BCUT2D eigenvalue weighted by Gasteiger charge is -2.45. The maximum absolute atomic E-state index is 13.2. The second kappa shape index (κ2) is 6.98. The van der Waals surface area contributed by atoms with Gasteiger partial charge in [-0.1, -0.05) is 0 Å². The van der Waals surface area contributed by atoms with Gasteiger partial charge in [0.25, 0.3) is 0 Å². The van der Waals surface area contributed by atoms with E-state index in [-0.39, 0.29) is 18.0 Å². The molecule has 154 valence electrons. The van der Waals surface area contributed by atoms with Crippen LogP contribution in [0.1, 0.15) is 18.5 Å². The molecule has 5 rings (SSSR count). The van der Waals surface area contributed by atoms with Gasteiger partial charge in [-0.05, 0) is 18.2 Å². The van der Waals surface area contributed by atoms with Gasteiger partial charge in [0.15, 0.2) is 0 Å². The van der Waals surface area contributed by atoms with Crippen LogP contribution in [0, 0.1) is 5.82 Å². The van der Waals surface area contributed by atoms with Crippen molar-refractivity contribution >= 4 is 11.9 Å². The summed E-state index contributed by atoms with van der Waals surface area (Å²) in [6, 6.07) is 5.22. The lowest BCUT2D eigenvalue weighted by molar-refractivity contribution is -0.00651. The Morgan fingerprint density at radius 2 is 2.03 bits per heavy atom. The van der Waals surface area contributed by atoms with Gasteiger partial charge in [-0.2, -0.15) is 5.10 Å². The molecule has 0 N–H and O–H groups in total. The van der Waals surface area contributed by atoms with E-state index in [1.54, 1.807) is 6.07 Å². The molecule has 0 aliphatic carbocycles. The Kier molecular flexibility index (Phi) is 4.42. The molecular weight excluding hydrogens is 375 g/mol. The number of aromatic nitrogens is 3. The molecule has 0 bridgehead atoms. The number of aryl methyl sites for hydroxylation is 1. The first-order chi connectivity index (χ1) is 14.0. The molecule has 0 radical (unpaired) electrons. The number of halogens is 1. The Hall–Kier alpha value is -2.68. The predicted molar refractivity (Wildman–Crippen MR) is 104 cm³/mol. The molecule has 1 amide bonds. The van der Waals surface area contributed by atoms with Crippen molar-refractivity contribution in [2.24, 2.45) is 7.05 Å². The third-order valence-electron chi connectivity index (χ3n) is 6.40. The summed E-state index contributed by atoms with van der Waals surface area (Å²) in [7, 11) is 1.92. The second-order valence-corrected chi connectivity index (χ2v) is 8.18. The largest absolute Gasteiger partial charge is 0.440 e. The highest BCUT2D eigenvalue weighted by Gasteiger charge is 2.56. The standard InChI is InChI=1S/C20H25FN6O2/c1-24-7-4-16(23-24)13-25-10-11-27-17(14-25)20(29-19(27)28)5-8-26(9-6-20)18-3-2-15(21)12-22-18/h2-4,7,12,17H,5-6,8-11,13-14H2,1H3. The Balaban J connectivity index is 1.28. The van der Waals surface area contributed by atoms with E-state index in [2.05, 4.69) is 19.9 Å². The number of hydrogen-bond donors (Lipinski definition) is 0. The maximum Gasteiger partial charge on any atom is 0.410 e. The first-order valence-corrected chi connectivity index (χ1v) is 10.1. The molecule has 5 heterocycles. The molecule has 3 aliphatic heterocycles. The van der Waals surface area contributed by atoms with Crippen molar-refractivity contribution in [3.8, 4) is 0 Å². The molecule has 1 spiro atoms. The number of piperazine rings is 1. The van der Waals surface area contributed by atoms with E-state index in [1.165, 1.54) is 12.3 Å². The minimum atomic E-state index is -0.462. The Morgan fingerprint density at radius 3 is 2.72 bits per heavy atom. The first-order valence-electron chi connectivity index (χ1n) is 10.1. The SMILES string of the molecule is Cn1ccc(CN2CCN3C(=O)OC4(CCN(c5ccc(F)cn5)CC4)C3C2)n1. The second-order valence-electron chi connectivity index (χ2n) is 8.18. The molecule has 3 saturated heterocycles. The van der Waals surface area contributed by atoms with E-state index in [1.807, 2.05) is 28.9 Å². The normalized spacial score (nSPS) is 24.1. The monoisotopic (exact) mass is 400 g/mol. The minimum absolute atomic E-state index is 0.0517. The quantitative estimate of drug-likeness (QED) is 0.780. The van der Waals surface area contributed by atoms with E-state index in [0.29, 0.717) is 6.54 Å². The lowest BCUT2D eigenvalue weighted by Crippen LogP contribution is -2.60. The van der Waals surface area contributed by atoms with Gasteiger partial charge in [0.1, 0.15) is 17.2 Å². The van der Waals surface area contributed by atoms with Crippen LogP contribution >= 0.6 is 0 Å². The highest BCUT2D eigenvalue weighted by Crippen LogP contribution is 2.41. The van der Waals surface area contributed by atoms with Gasteiger partial charge >= 0.3 is 6.09 Å². The van der Waals surface area contributed by atoms with Gasteiger partial charge in [-0.3, -0.25) is 14.5 Å². The third-order valence-corrected chi connectivity index (χ3v) is 6.40. The van der Waals surface area contributed by atoms with Gasteiger partial charge in [0.2, 0.25) is 0 Å². The van der Waals surface area contributed by atoms with Crippen molar-refractivity contribution in [2.45, 2.75) is 31.0 Å². The molecule has 3 aliphatic rings. The van der Waals surface area contributed by atoms with Gasteiger partial charge in [-0.15, -0.1) is 0 Å². The van der Waals surface area contributed by atoms with Crippen LogP contribution in [-0.2, 0) is 18.3 Å². The van der Waals surface area contributed by atoms with Crippen LogP contribution in [0.15, 0.2) is 30.6 Å². The number of rotatable bonds is 3. The van der Waals surface area contributed by atoms with Crippen LogP contribution < -0.4 is 4.90 Å². The third kappa shape index (κ3) is 3.33. The summed E-state index contributed by atoms with van der Waals surface area (Å²) in [4.78, 5) is 23.1. The summed E-state index contributed by atoms with van der Waals surface area (Å²) >= 11 is 0. The van der Waals surface area contributed by atoms with Crippen molar-refractivity contribution in [3.63, 3.8) is 0 Å². The van der Waals surface area contributed by atoms with Crippen LogP contribution in [0.3, 0.4) is 0 Å². The van der Waals surface area contributed by atoms with Crippen molar-refractivity contribution in [1.82, 2.24) is 24.6 Å². The topological polar surface area (TPSA) is 66.7 Å². The molecular formula is C20H25FN6O2. The molecule has 0 aromatic carbocycles. The lowest BCUT2D eigenvalue weighted by atomic mass is 9.83. The summed E-state index contributed by atoms with van der Waals surface area (Å²) in [6.07, 6.45) is 4.50. The summed E-state index contributed by atoms with van der Waals surface area (Å²) in [5.41, 5.74) is 0.577. The fraction of sp³-hybridized carbons (Fsp3) is 0.550. The predicted octanol–water partition coefficient (Wildman–Crippen LogP) is 1.63. The Morgan fingerprint density at radius 1 is 1.21 bits per heavy atom. The maximum atomic E-state index is 13.2. The minimum Gasteiger partial charge on any atom is -0.440 e. The average Bonchev–Trinajstić information content (AvgIpc) is 3.24. The zero-order valence-electron chi connectivity index (χ0n) is 16.5. The van der Waals surface area contributed by atoms with Crippen molar-refractivity contribution in [1.29, 1.82) is 0 Å². The van der Waals surface area contributed by atoms with Crippen molar-refractivity contribution in [3.05, 3.63) is 42.1 Å². The Labute approximate surface area is 168 Å². The highest BCUT2D eigenvalue weighted by atomic mass is 19.1. The Bertz CT molecular complexity index is 893. The smallest absolute Gasteiger partial charge is 0.410 e. The number of anilines is 1. The number of fused-ring (bicyclic) bond motifs is 2. The van der Waals surface area contributed by atoms with Crippen molar-refractivity contribution < 1.29 is 13.9 Å².